The number of carbonyl (C=O) groups excluding carboxylic acids is 1. The maximum atomic E-state index is 11.3. The van der Waals surface area contributed by atoms with E-state index in [9.17, 15) is 4.79 Å². The van der Waals surface area contributed by atoms with Gasteiger partial charge in [0.2, 0.25) is 0 Å². The van der Waals surface area contributed by atoms with Crippen LogP contribution in [0.1, 0.15) is 21.6 Å². The fraction of sp³-hybridized carbons (Fsp3) is 0.200. The molecule has 1 aromatic heterocycles. The molecule has 20 heavy (non-hydrogen) atoms. The molecule has 0 saturated heterocycles. The van der Waals surface area contributed by atoms with E-state index in [0.717, 1.165) is 22.0 Å². The van der Waals surface area contributed by atoms with Gasteiger partial charge in [-0.1, -0.05) is 6.07 Å². The summed E-state index contributed by atoms with van der Waals surface area (Å²) in [6, 6.07) is 9.42. The van der Waals surface area contributed by atoms with Gasteiger partial charge in [-0.2, -0.15) is 0 Å². The second-order valence-corrected chi connectivity index (χ2v) is 5.36. The summed E-state index contributed by atoms with van der Waals surface area (Å²) < 4.78 is 4.64. The number of nitrogens with two attached hydrogens (primary N) is 1. The summed E-state index contributed by atoms with van der Waals surface area (Å²) in [5.74, 6) is 0.356. The number of rotatable bonds is 4. The SMILES string of the molecule is COC(=O)c1ccc(CSc2cc(N)ccc2C)nc1. The monoisotopic (exact) mass is 288 g/mol. The molecule has 0 aliphatic heterocycles. The van der Waals surface area contributed by atoms with Gasteiger partial charge in [-0.05, 0) is 36.8 Å². The Labute approximate surface area is 122 Å². The van der Waals surface area contributed by atoms with Gasteiger partial charge in [0, 0.05) is 22.5 Å². The highest BCUT2D eigenvalue weighted by Gasteiger charge is 2.06. The minimum Gasteiger partial charge on any atom is -0.465 e. The standard InChI is InChI=1S/C15H16N2O2S/c1-10-3-5-12(16)7-14(10)20-9-13-6-4-11(8-17-13)15(18)19-2/h3-8H,9,16H2,1-2H3. The van der Waals surface area contributed by atoms with Crippen LogP contribution in [0.4, 0.5) is 5.69 Å². The van der Waals surface area contributed by atoms with E-state index in [0.29, 0.717) is 5.56 Å². The molecule has 0 amide bonds. The largest absolute Gasteiger partial charge is 0.465 e. The number of carbonyl (C=O) groups is 1. The van der Waals surface area contributed by atoms with E-state index < -0.39 is 0 Å². The third-order valence-corrected chi connectivity index (χ3v) is 4.02. The zero-order valence-corrected chi connectivity index (χ0v) is 12.2. The molecule has 5 heteroatoms. The number of hydrogen-bond donors (Lipinski definition) is 1. The Kier molecular flexibility index (Phi) is 4.63. The number of esters is 1. The Morgan fingerprint density at radius 2 is 2.15 bits per heavy atom. The van der Waals surface area contributed by atoms with Crippen molar-refractivity contribution in [1.82, 2.24) is 4.98 Å². The van der Waals surface area contributed by atoms with Crippen LogP contribution < -0.4 is 5.73 Å². The maximum Gasteiger partial charge on any atom is 0.339 e. The first-order chi connectivity index (χ1) is 9.60. The van der Waals surface area contributed by atoms with E-state index in [-0.39, 0.29) is 5.97 Å². The van der Waals surface area contributed by atoms with Gasteiger partial charge >= 0.3 is 5.97 Å². The molecular weight excluding hydrogens is 272 g/mol. The molecule has 0 aliphatic rings. The van der Waals surface area contributed by atoms with Crippen molar-refractivity contribution in [3.05, 3.63) is 53.3 Å². The lowest BCUT2D eigenvalue weighted by molar-refractivity contribution is 0.0600. The summed E-state index contributed by atoms with van der Waals surface area (Å²) in [6.07, 6.45) is 1.54. The first kappa shape index (κ1) is 14.4. The lowest BCUT2D eigenvalue weighted by atomic mass is 10.2. The quantitative estimate of drug-likeness (QED) is 0.532. The van der Waals surface area contributed by atoms with Crippen molar-refractivity contribution < 1.29 is 9.53 Å². The molecule has 0 saturated carbocycles. The van der Waals surface area contributed by atoms with Crippen LogP contribution in [0.2, 0.25) is 0 Å². The highest BCUT2D eigenvalue weighted by atomic mass is 32.2. The van der Waals surface area contributed by atoms with Crippen LogP contribution >= 0.6 is 11.8 Å². The van der Waals surface area contributed by atoms with E-state index in [1.807, 2.05) is 24.3 Å². The van der Waals surface area contributed by atoms with Crippen molar-refractivity contribution in [2.45, 2.75) is 17.6 Å². The van der Waals surface area contributed by atoms with Crippen LogP contribution in [0.25, 0.3) is 0 Å². The number of pyridine rings is 1. The smallest absolute Gasteiger partial charge is 0.339 e. The van der Waals surface area contributed by atoms with E-state index >= 15 is 0 Å². The molecule has 0 bridgehead atoms. The zero-order valence-electron chi connectivity index (χ0n) is 11.4. The molecule has 2 aromatic rings. The first-order valence-electron chi connectivity index (χ1n) is 6.12. The van der Waals surface area contributed by atoms with Gasteiger partial charge in [-0.25, -0.2) is 4.79 Å². The Morgan fingerprint density at radius 3 is 2.80 bits per heavy atom. The average Bonchev–Trinajstić information content (AvgIpc) is 2.48. The van der Waals surface area contributed by atoms with Crippen molar-refractivity contribution in [2.24, 2.45) is 0 Å². The van der Waals surface area contributed by atoms with E-state index in [4.69, 9.17) is 5.73 Å². The summed E-state index contributed by atoms with van der Waals surface area (Å²) in [5, 5.41) is 0. The topological polar surface area (TPSA) is 65.2 Å². The molecule has 104 valence electrons. The second-order valence-electron chi connectivity index (χ2n) is 4.34. The highest BCUT2D eigenvalue weighted by Crippen LogP contribution is 2.27. The molecule has 2 rings (SSSR count). The lowest BCUT2D eigenvalue weighted by Crippen LogP contribution is -2.02. The van der Waals surface area contributed by atoms with Gasteiger partial charge in [0.05, 0.1) is 18.4 Å². The van der Waals surface area contributed by atoms with Gasteiger partial charge < -0.3 is 10.5 Å². The number of thioether (sulfide) groups is 1. The number of aromatic nitrogens is 1. The maximum absolute atomic E-state index is 11.3. The van der Waals surface area contributed by atoms with Crippen LogP contribution in [-0.2, 0) is 10.5 Å². The second kappa shape index (κ2) is 6.43. The normalized spacial score (nSPS) is 10.3. The molecule has 1 aromatic carbocycles. The Bertz CT molecular complexity index is 612. The Balaban J connectivity index is 2.04. The third kappa shape index (κ3) is 3.51. The summed E-state index contributed by atoms with van der Waals surface area (Å²) >= 11 is 1.68. The third-order valence-electron chi connectivity index (χ3n) is 2.83. The number of methoxy groups -OCH3 is 1. The van der Waals surface area contributed by atoms with Crippen LogP contribution in [0.15, 0.2) is 41.4 Å². The minimum atomic E-state index is -0.372. The molecule has 0 atom stereocenters. The van der Waals surface area contributed by atoms with Gasteiger partial charge in [0.25, 0.3) is 0 Å². The van der Waals surface area contributed by atoms with Crippen LogP contribution in [0, 0.1) is 6.92 Å². The van der Waals surface area contributed by atoms with Crippen LogP contribution in [-0.4, -0.2) is 18.1 Å². The van der Waals surface area contributed by atoms with Gasteiger partial charge in [0.1, 0.15) is 0 Å². The highest BCUT2D eigenvalue weighted by molar-refractivity contribution is 7.98. The number of ether oxygens (including phenoxy) is 1. The van der Waals surface area contributed by atoms with Crippen molar-refractivity contribution in [3.63, 3.8) is 0 Å². The van der Waals surface area contributed by atoms with Gasteiger partial charge in [-0.3, -0.25) is 4.98 Å². The number of nitrogens with zero attached hydrogens (tertiary/aromatic N) is 1. The first-order valence-corrected chi connectivity index (χ1v) is 7.11. The lowest BCUT2D eigenvalue weighted by Gasteiger charge is -2.06. The van der Waals surface area contributed by atoms with E-state index in [2.05, 4.69) is 16.6 Å². The van der Waals surface area contributed by atoms with Gasteiger partial charge in [0.15, 0.2) is 0 Å². The summed E-state index contributed by atoms with van der Waals surface area (Å²) in [4.78, 5) is 16.7. The minimum absolute atomic E-state index is 0.372. The predicted molar refractivity (Wildman–Crippen MR) is 80.7 cm³/mol. The number of hydrogen-bond acceptors (Lipinski definition) is 5. The van der Waals surface area contributed by atoms with E-state index in [1.54, 1.807) is 17.8 Å². The van der Waals surface area contributed by atoms with Crippen molar-refractivity contribution in [3.8, 4) is 0 Å². The zero-order chi connectivity index (χ0) is 14.5. The van der Waals surface area contributed by atoms with Crippen molar-refractivity contribution in [1.29, 1.82) is 0 Å². The Morgan fingerprint density at radius 1 is 1.35 bits per heavy atom. The van der Waals surface area contributed by atoms with E-state index in [1.165, 1.54) is 18.9 Å². The van der Waals surface area contributed by atoms with Crippen molar-refractivity contribution in [2.75, 3.05) is 12.8 Å². The number of nitrogen functional groups attached to an aromatic ring is 1. The molecule has 0 aliphatic carbocycles. The number of anilines is 1. The van der Waals surface area contributed by atoms with Gasteiger partial charge in [-0.15, -0.1) is 11.8 Å². The van der Waals surface area contributed by atoms with Crippen LogP contribution in [0.3, 0.4) is 0 Å². The summed E-state index contributed by atoms with van der Waals surface area (Å²) in [6.45, 7) is 2.05. The molecule has 0 fully saturated rings. The number of aryl methyl sites for hydroxylation is 1. The fourth-order valence-electron chi connectivity index (χ4n) is 1.67. The molecule has 2 N–H and O–H groups in total. The molecule has 0 unspecified atom stereocenters. The summed E-state index contributed by atoms with van der Waals surface area (Å²) in [7, 11) is 1.36. The number of benzene rings is 1. The van der Waals surface area contributed by atoms with Crippen molar-refractivity contribution >= 4 is 23.4 Å². The average molecular weight is 288 g/mol. The Hall–Kier alpha value is -2.01. The van der Waals surface area contributed by atoms with Crippen LogP contribution in [0.5, 0.6) is 0 Å². The molecule has 4 nitrogen and oxygen atoms in total. The fourth-order valence-corrected chi connectivity index (χ4v) is 2.66. The molecule has 0 radical (unpaired) electrons. The molecule has 0 spiro atoms. The summed E-state index contributed by atoms with van der Waals surface area (Å²) in [5.41, 5.74) is 9.10. The molecular formula is C15H16N2O2S. The predicted octanol–water partition coefficient (Wildman–Crippen LogP) is 3.05. The molecule has 1 heterocycles.